The molecule has 0 saturated heterocycles. The molecule has 0 spiro atoms. The second-order valence-corrected chi connectivity index (χ2v) is 10.7. The minimum absolute atomic E-state index is 0.0222. The average Bonchev–Trinajstić information content (AvgIpc) is 2.80. The molecule has 1 unspecified atom stereocenters. The van der Waals surface area contributed by atoms with Crippen molar-refractivity contribution in [2.24, 2.45) is 0 Å². The highest BCUT2D eigenvalue weighted by Gasteiger charge is 2.25. The lowest BCUT2D eigenvalue weighted by atomic mass is 9.87. The third kappa shape index (κ3) is 5.97. The number of aryl methyl sites for hydroxylation is 1. The Morgan fingerprint density at radius 3 is 2.35 bits per heavy atom. The van der Waals surface area contributed by atoms with Crippen molar-refractivity contribution in [3.05, 3.63) is 87.7 Å². The monoisotopic (exact) mass is 497 g/mol. The number of rotatable bonds is 7. The van der Waals surface area contributed by atoms with Gasteiger partial charge in [-0.25, -0.2) is 4.72 Å². The first-order chi connectivity index (χ1) is 16.0. The molecule has 6 nitrogen and oxygen atoms in total. The molecule has 8 heteroatoms. The molecule has 0 fully saturated rings. The van der Waals surface area contributed by atoms with Gasteiger partial charge < -0.3 is 4.55 Å². The zero-order chi connectivity index (χ0) is 25.0. The minimum atomic E-state index is -1.63. The normalized spacial score (nSPS) is 12.2. The van der Waals surface area contributed by atoms with Crippen molar-refractivity contribution >= 4 is 41.0 Å². The van der Waals surface area contributed by atoms with Crippen molar-refractivity contribution < 1.29 is 14.1 Å². The number of carbonyl (C=O) groups is 2. The van der Waals surface area contributed by atoms with E-state index in [-0.39, 0.29) is 17.5 Å². The minimum Gasteiger partial charge on any atom is -0.588 e. The van der Waals surface area contributed by atoms with E-state index in [1.807, 2.05) is 31.2 Å². The Balaban J connectivity index is 1.89. The van der Waals surface area contributed by atoms with Crippen LogP contribution in [-0.2, 0) is 28.1 Å². The quantitative estimate of drug-likeness (QED) is 0.340. The van der Waals surface area contributed by atoms with Gasteiger partial charge in [0.25, 0.3) is 5.91 Å². The maximum Gasteiger partial charge on any atom is 0.263 e. The first-order valence-corrected chi connectivity index (χ1v) is 12.3. The SMILES string of the molecule is Cc1ccc(CN(C=O)C(=O)c2c(N[S+]([O-])c3ccc(C(C)(C)C)cc3)ccc(Cl)c2C)cn1. The lowest BCUT2D eigenvalue weighted by molar-refractivity contribution is -0.116. The number of aromatic nitrogens is 1. The number of nitrogens with zero attached hydrogens (tertiary/aromatic N) is 2. The predicted molar refractivity (Wildman–Crippen MR) is 136 cm³/mol. The van der Waals surface area contributed by atoms with Crippen LogP contribution in [0.3, 0.4) is 0 Å². The van der Waals surface area contributed by atoms with Gasteiger partial charge in [0.1, 0.15) is 11.4 Å². The molecular formula is C26H28ClN3O3S. The molecule has 1 heterocycles. The van der Waals surface area contributed by atoms with E-state index >= 15 is 0 Å². The molecule has 3 aromatic rings. The lowest BCUT2D eigenvalue weighted by Gasteiger charge is -2.21. The molecule has 34 heavy (non-hydrogen) atoms. The van der Waals surface area contributed by atoms with Gasteiger partial charge in [0.05, 0.1) is 17.8 Å². The number of imide groups is 1. The molecule has 2 aromatic carbocycles. The molecule has 0 bridgehead atoms. The van der Waals surface area contributed by atoms with Crippen LogP contribution < -0.4 is 4.72 Å². The molecule has 1 N–H and O–H groups in total. The third-order valence-corrected chi connectivity index (χ3v) is 6.98. The van der Waals surface area contributed by atoms with Crippen LogP contribution >= 0.6 is 11.6 Å². The zero-order valence-corrected chi connectivity index (χ0v) is 21.5. The van der Waals surface area contributed by atoms with Crippen LogP contribution in [0.4, 0.5) is 5.69 Å². The second-order valence-electron chi connectivity index (χ2n) is 9.09. The van der Waals surface area contributed by atoms with Gasteiger partial charge >= 0.3 is 0 Å². The van der Waals surface area contributed by atoms with Crippen molar-refractivity contribution in [2.75, 3.05) is 4.72 Å². The molecule has 3 rings (SSSR count). The van der Waals surface area contributed by atoms with Gasteiger partial charge in [0.15, 0.2) is 4.90 Å². The molecule has 1 atom stereocenters. The van der Waals surface area contributed by atoms with Crippen molar-refractivity contribution in [2.45, 2.75) is 51.5 Å². The summed E-state index contributed by atoms with van der Waals surface area (Å²) in [7, 11) is 0. The standard InChI is InChI=1S/C26H28ClN3O3S/c1-17-6-7-19(14-28-17)15-30(16-31)25(32)24-18(2)22(27)12-13-23(24)29-34(33)21-10-8-20(9-11-21)26(3,4)5/h6-14,16,29H,15H2,1-5H3. The van der Waals surface area contributed by atoms with Crippen molar-refractivity contribution in [1.29, 1.82) is 0 Å². The molecule has 2 amide bonds. The van der Waals surface area contributed by atoms with Crippen LogP contribution in [-0.4, -0.2) is 26.8 Å². The Morgan fingerprint density at radius 1 is 1.12 bits per heavy atom. The fraction of sp³-hybridized carbons (Fsp3) is 0.269. The average molecular weight is 498 g/mol. The molecule has 0 aliphatic heterocycles. The maximum absolute atomic E-state index is 13.4. The van der Waals surface area contributed by atoms with Gasteiger partial charge in [-0.15, -0.1) is 0 Å². The maximum atomic E-state index is 13.4. The summed E-state index contributed by atoms with van der Waals surface area (Å²) in [4.78, 5) is 31.1. The van der Waals surface area contributed by atoms with Crippen molar-refractivity contribution in [1.82, 2.24) is 9.88 Å². The van der Waals surface area contributed by atoms with E-state index in [9.17, 15) is 14.1 Å². The summed E-state index contributed by atoms with van der Waals surface area (Å²) in [6.07, 6.45) is 2.11. The molecule has 1 aromatic heterocycles. The highest BCUT2D eigenvalue weighted by Crippen LogP contribution is 2.30. The van der Waals surface area contributed by atoms with Crippen molar-refractivity contribution in [3.8, 4) is 0 Å². The summed E-state index contributed by atoms with van der Waals surface area (Å²) in [6.45, 7) is 9.93. The zero-order valence-electron chi connectivity index (χ0n) is 19.9. The van der Waals surface area contributed by atoms with E-state index < -0.39 is 17.3 Å². The Labute approximate surface area is 208 Å². The van der Waals surface area contributed by atoms with E-state index in [0.717, 1.165) is 16.2 Å². The second kappa shape index (κ2) is 10.6. The molecular weight excluding hydrogens is 470 g/mol. The topological polar surface area (TPSA) is 85.4 Å². The molecule has 0 saturated carbocycles. The van der Waals surface area contributed by atoms with E-state index in [2.05, 4.69) is 30.5 Å². The van der Waals surface area contributed by atoms with E-state index in [0.29, 0.717) is 33.1 Å². The summed E-state index contributed by atoms with van der Waals surface area (Å²) < 4.78 is 16.0. The van der Waals surface area contributed by atoms with Gasteiger partial charge in [0.2, 0.25) is 6.41 Å². The molecule has 0 aliphatic carbocycles. The number of pyridine rings is 1. The van der Waals surface area contributed by atoms with Crippen LogP contribution in [0, 0.1) is 13.8 Å². The number of amides is 2. The molecule has 0 radical (unpaired) electrons. The smallest absolute Gasteiger partial charge is 0.263 e. The van der Waals surface area contributed by atoms with Crippen molar-refractivity contribution in [3.63, 3.8) is 0 Å². The fourth-order valence-electron chi connectivity index (χ4n) is 3.37. The highest BCUT2D eigenvalue weighted by molar-refractivity contribution is 7.92. The number of halogens is 1. The first kappa shape index (κ1) is 25.7. The Kier molecular flexibility index (Phi) is 8.02. The Hall–Kier alpha value is -2.87. The van der Waals surface area contributed by atoms with Gasteiger partial charge in [-0.3, -0.25) is 19.5 Å². The summed E-state index contributed by atoms with van der Waals surface area (Å²) >= 11 is 4.67. The van der Waals surface area contributed by atoms with Gasteiger partial charge in [-0.1, -0.05) is 50.6 Å². The molecule has 178 valence electrons. The predicted octanol–water partition coefficient (Wildman–Crippen LogP) is 5.58. The molecule has 0 aliphatic rings. The number of anilines is 1. The third-order valence-electron chi connectivity index (χ3n) is 5.46. The van der Waals surface area contributed by atoms with E-state index in [4.69, 9.17) is 11.6 Å². The number of hydrogen-bond donors (Lipinski definition) is 1. The largest absolute Gasteiger partial charge is 0.588 e. The number of benzene rings is 2. The highest BCUT2D eigenvalue weighted by atomic mass is 35.5. The van der Waals surface area contributed by atoms with Gasteiger partial charge in [-0.2, -0.15) is 0 Å². The van der Waals surface area contributed by atoms with E-state index in [1.54, 1.807) is 37.4 Å². The van der Waals surface area contributed by atoms with Crippen LogP contribution in [0.2, 0.25) is 5.02 Å². The number of nitrogens with one attached hydrogen (secondary N) is 1. The first-order valence-electron chi connectivity index (χ1n) is 10.8. The van der Waals surface area contributed by atoms with Crippen LogP contribution in [0.25, 0.3) is 0 Å². The lowest BCUT2D eigenvalue weighted by Crippen LogP contribution is -2.31. The van der Waals surface area contributed by atoms with E-state index in [1.165, 1.54) is 0 Å². The Morgan fingerprint density at radius 2 is 1.79 bits per heavy atom. The number of hydrogen-bond acceptors (Lipinski definition) is 5. The summed E-state index contributed by atoms with van der Waals surface area (Å²) in [5.74, 6) is -0.543. The summed E-state index contributed by atoms with van der Waals surface area (Å²) in [6, 6.07) is 14.3. The van der Waals surface area contributed by atoms with Crippen LogP contribution in [0.5, 0.6) is 0 Å². The van der Waals surface area contributed by atoms with Gasteiger partial charge in [0, 0.05) is 16.9 Å². The Bertz CT molecular complexity index is 1180. The number of carbonyl (C=O) groups excluding carboxylic acids is 2. The van der Waals surface area contributed by atoms with Crippen LogP contribution in [0.1, 0.15) is 53.5 Å². The fourth-order valence-corrected chi connectivity index (χ4v) is 4.40. The van der Waals surface area contributed by atoms with Gasteiger partial charge in [-0.05, 0) is 66.3 Å². The summed E-state index contributed by atoms with van der Waals surface area (Å²) in [5.41, 5.74) is 3.67. The van der Waals surface area contributed by atoms with Crippen LogP contribution in [0.15, 0.2) is 59.6 Å². The summed E-state index contributed by atoms with van der Waals surface area (Å²) in [5, 5.41) is 0.372.